The Kier molecular flexibility index (Phi) is 2.50. The van der Waals surface area contributed by atoms with Crippen LogP contribution >= 0.6 is 0 Å². The molecule has 1 aromatic carbocycles. The minimum absolute atomic E-state index is 0.0527. The standard InChI is InChI=1S/C13H12F2O3/c1-2-17-13(16)10-6-5-18-12-8(15)4-3-7(14)11(12)9(6)10/h3-4,6,9-10H,2,5H2,1H3/t6-,9+,10-/m1/s1. The van der Waals surface area contributed by atoms with Gasteiger partial charge in [-0.2, -0.15) is 0 Å². The summed E-state index contributed by atoms with van der Waals surface area (Å²) in [5.74, 6) is -2.30. The minimum atomic E-state index is -0.584. The maximum Gasteiger partial charge on any atom is 0.309 e. The van der Waals surface area contributed by atoms with Crippen LogP contribution in [0.2, 0.25) is 0 Å². The second kappa shape index (κ2) is 3.93. The number of carbonyl (C=O) groups excluding carboxylic acids is 1. The molecule has 0 aromatic heterocycles. The van der Waals surface area contributed by atoms with Gasteiger partial charge in [-0.3, -0.25) is 4.79 Å². The van der Waals surface area contributed by atoms with Gasteiger partial charge in [-0.1, -0.05) is 0 Å². The fourth-order valence-corrected chi connectivity index (χ4v) is 2.72. The molecular formula is C13H12F2O3. The first-order valence-corrected chi connectivity index (χ1v) is 5.92. The van der Waals surface area contributed by atoms with Gasteiger partial charge >= 0.3 is 5.97 Å². The van der Waals surface area contributed by atoms with Crippen LogP contribution in [0.3, 0.4) is 0 Å². The van der Waals surface area contributed by atoms with E-state index in [9.17, 15) is 13.6 Å². The molecule has 1 heterocycles. The molecule has 0 N–H and O–H groups in total. The largest absolute Gasteiger partial charge is 0.490 e. The molecule has 1 fully saturated rings. The van der Waals surface area contributed by atoms with E-state index < -0.39 is 17.6 Å². The molecule has 18 heavy (non-hydrogen) atoms. The van der Waals surface area contributed by atoms with E-state index in [4.69, 9.17) is 9.47 Å². The van der Waals surface area contributed by atoms with Gasteiger partial charge in [-0.25, -0.2) is 8.78 Å². The van der Waals surface area contributed by atoms with E-state index in [2.05, 4.69) is 0 Å². The van der Waals surface area contributed by atoms with Crippen molar-refractivity contribution in [1.29, 1.82) is 0 Å². The quantitative estimate of drug-likeness (QED) is 0.759. The highest BCUT2D eigenvalue weighted by atomic mass is 19.1. The first kappa shape index (κ1) is 11.4. The average molecular weight is 254 g/mol. The van der Waals surface area contributed by atoms with Crippen LogP contribution < -0.4 is 4.74 Å². The summed E-state index contributed by atoms with van der Waals surface area (Å²) in [5, 5.41) is 0. The molecule has 3 rings (SSSR count). The van der Waals surface area contributed by atoms with Gasteiger partial charge in [0.05, 0.1) is 19.1 Å². The zero-order valence-electron chi connectivity index (χ0n) is 9.78. The van der Waals surface area contributed by atoms with Crippen LogP contribution in [-0.2, 0) is 9.53 Å². The summed E-state index contributed by atoms with van der Waals surface area (Å²) in [6.07, 6.45) is 0. The minimum Gasteiger partial charge on any atom is -0.490 e. The van der Waals surface area contributed by atoms with E-state index in [1.165, 1.54) is 0 Å². The van der Waals surface area contributed by atoms with E-state index in [-0.39, 0.29) is 42.3 Å². The summed E-state index contributed by atoms with van der Waals surface area (Å²) in [6, 6.07) is 2.11. The third-order valence-corrected chi connectivity index (χ3v) is 3.58. The van der Waals surface area contributed by atoms with Crippen molar-refractivity contribution in [2.24, 2.45) is 11.8 Å². The number of hydrogen-bond donors (Lipinski definition) is 0. The Morgan fingerprint density at radius 3 is 2.89 bits per heavy atom. The predicted octanol–water partition coefficient (Wildman–Crippen LogP) is 2.25. The molecule has 1 aliphatic carbocycles. The van der Waals surface area contributed by atoms with Crippen molar-refractivity contribution in [3.8, 4) is 5.75 Å². The first-order chi connectivity index (χ1) is 8.65. The second-order valence-electron chi connectivity index (χ2n) is 4.55. The van der Waals surface area contributed by atoms with E-state index in [1.807, 2.05) is 0 Å². The van der Waals surface area contributed by atoms with E-state index in [1.54, 1.807) is 6.92 Å². The Hall–Kier alpha value is -1.65. The number of hydrogen-bond acceptors (Lipinski definition) is 3. The van der Waals surface area contributed by atoms with E-state index in [0.717, 1.165) is 12.1 Å². The van der Waals surface area contributed by atoms with Gasteiger partial charge in [-0.15, -0.1) is 0 Å². The van der Waals surface area contributed by atoms with Gasteiger partial charge in [-0.05, 0) is 19.1 Å². The number of halogens is 2. The van der Waals surface area contributed by atoms with Gasteiger partial charge in [0.1, 0.15) is 5.82 Å². The SMILES string of the molecule is CCOC(=O)[C@@H]1[C@@H]2COc3c(F)ccc(F)c3[C@@H]21. The summed E-state index contributed by atoms with van der Waals surface area (Å²) in [6.45, 7) is 2.24. The Balaban J connectivity index is 1.95. The van der Waals surface area contributed by atoms with Crippen LogP contribution in [0.4, 0.5) is 8.78 Å². The molecule has 0 amide bonds. The zero-order chi connectivity index (χ0) is 12.9. The zero-order valence-corrected chi connectivity index (χ0v) is 9.78. The first-order valence-electron chi connectivity index (χ1n) is 5.92. The van der Waals surface area contributed by atoms with Gasteiger partial charge in [0.25, 0.3) is 0 Å². The summed E-state index contributed by atoms with van der Waals surface area (Å²) in [7, 11) is 0. The predicted molar refractivity (Wildman–Crippen MR) is 58.2 cm³/mol. The molecule has 1 aromatic rings. The molecule has 1 saturated carbocycles. The Morgan fingerprint density at radius 2 is 2.17 bits per heavy atom. The maximum absolute atomic E-state index is 13.8. The molecule has 96 valence electrons. The lowest BCUT2D eigenvalue weighted by atomic mass is 10.0. The van der Waals surface area contributed by atoms with E-state index >= 15 is 0 Å². The van der Waals surface area contributed by atoms with Crippen LogP contribution in [0.1, 0.15) is 18.4 Å². The van der Waals surface area contributed by atoms with Gasteiger partial charge in [0.2, 0.25) is 0 Å². The second-order valence-corrected chi connectivity index (χ2v) is 4.55. The van der Waals surface area contributed by atoms with Crippen LogP contribution in [-0.4, -0.2) is 19.2 Å². The Bertz CT molecular complexity index is 515. The summed E-state index contributed by atoms with van der Waals surface area (Å²) < 4.78 is 37.4. The fraction of sp³-hybridized carbons (Fsp3) is 0.462. The topological polar surface area (TPSA) is 35.5 Å². The molecule has 0 spiro atoms. The number of benzene rings is 1. The molecule has 3 nitrogen and oxygen atoms in total. The molecule has 0 radical (unpaired) electrons. The number of esters is 1. The normalized spacial score (nSPS) is 27.8. The van der Waals surface area contributed by atoms with Crippen LogP contribution in [0, 0.1) is 23.5 Å². The van der Waals surface area contributed by atoms with Gasteiger partial charge in [0.15, 0.2) is 11.6 Å². The lowest BCUT2D eigenvalue weighted by molar-refractivity contribution is -0.145. The number of fused-ring (bicyclic) bond motifs is 3. The van der Waals surface area contributed by atoms with Crippen LogP contribution in [0.15, 0.2) is 12.1 Å². The van der Waals surface area contributed by atoms with E-state index in [0.29, 0.717) is 0 Å². The van der Waals surface area contributed by atoms with Crippen molar-refractivity contribution in [3.63, 3.8) is 0 Å². The van der Waals surface area contributed by atoms with Crippen molar-refractivity contribution in [2.45, 2.75) is 12.8 Å². The highest BCUT2D eigenvalue weighted by Gasteiger charge is 2.61. The lowest BCUT2D eigenvalue weighted by Gasteiger charge is -2.17. The summed E-state index contributed by atoms with van der Waals surface area (Å²) in [5.41, 5.74) is 0.185. The molecule has 5 heteroatoms. The van der Waals surface area contributed by atoms with Crippen LogP contribution in [0.25, 0.3) is 0 Å². The molecule has 0 saturated heterocycles. The molecule has 0 bridgehead atoms. The third-order valence-electron chi connectivity index (χ3n) is 3.58. The van der Waals surface area contributed by atoms with Crippen molar-refractivity contribution in [3.05, 3.63) is 29.3 Å². The van der Waals surface area contributed by atoms with Crippen LogP contribution in [0.5, 0.6) is 5.75 Å². The molecule has 1 aliphatic heterocycles. The molecular weight excluding hydrogens is 242 g/mol. The molecule has 3 atom stereocenters. The number of ether oxygens (including phenoxy) is 2. The maximum atomic E-state index is 13.8. The summed E-state index contributed by atoms with van der Waals surface area (Å²) in [4.78, 5) is 11.7. The number of carbonyl (C=O) groups is 1. The van der Waals surface area contributed by atoms with Crippen molar-refractivity contribution in [1.82, 2.24) is 0 Å². The van der Waals surface area contributed by atoms with Gasteiger partial charge in [0, 0.05) is 17.4 Å². The lowest BCUT2D eigenvalue weighted by Crippen LogP contribution is -2.12. The molecule has 2 aliphatic rings. The molecule has 0 unspecified atom stereocenters. The average Bonchev–Trinajstić information content (AvgIpc) is 3.08. The van der Waals surface area contributed by atoms with Crippen molar-refractivity contribution >= 4 is 5.97 Å². The monoisotopic (exact) mass is 254 g/mol. The smallest absolute Gasteiger partial charge is 0.309 e. The Morgan fingerprint density at radius 1 is 1.44 bits per heavy atom. The van der Waals surface area contributed by atoms with Crippen molar-refractivity contribution < 1.29 is 23.0 Å². The van der Waals surface area contributed by atoms with Gasteiger partial charge < -0.3 is 9.47 Å². The Labute approximate surface area is 103 Å². The highest BCUT2D eigenvalue weighted by molar-refractivity contribution is 5.79. The van der Waals surface area contributed by atoms with Crippen molar-refractivity contribution in [2.75, 3.05) is 13.2 Å². The highest BCUT2D eigenvalue weighted by Crippen LogP contribution is 2.60. The summed E-state index contributed by atoms with van der Waals surface area (Å²) >= 11 is 0. The number of rotatable bonds is 2. The third kappa shape index (κ3) is 1.50. The fourth-order valence-electron chi connectivity index (χ4n) is 2.72.